The molecule has 1 N–H and O–H groups in total. The molecule has 0 saturated heterocycles. The highest BCUT2D eigenvalue weighted by Gasteiger charge is 2.61. The average molecular weight is 319 g/mol. The molecule has 1 heterocycles. The number of aromatic nitrogens is 1. The molecule has 1 aromatic rings. The maximum atomic E-state index is 12.6. The van der Waals surface area contributed by atoms with Crippen molar-refractivity contribution < 1.29 is 40.7 Å². The minimum atomic E-state index is -5.70. The minimum Gasteiger partial charge on any atom is -0.475 e. The molecule has 0 aliphatic heterocycles. The minimum absolute atomic E-state index is 0.483. The second-order valence-corrected chi connectivity index (χ2v) is 5.30. The molecule has 0 spiro atoms. The lowest BCUT2D eigenvalue weighted by Crippen LogP contribution is -2.34. The summed E-state index contributed by atoms with van der Waals surface area (Å²) in [4.78, 5) is 14.1. The Bertz CT molecular complexity index is 524. The molecule has 0 aliphatic carbocycles. The van der Waals surface area contributed by atoms with E-state index in [1.807, 2.05) is 0 Å². The third-order valence-corrected chi connectivity index (χ3v) is 2.45. The number of oxazole rings is 1. The molecule has 0 bridgehead atoms. The Balaban J connectivity index is 3.53. The molecule has 1 aromatic heterocycles. The summed E-state index contributed by atoms with van der Waals surface area (Å²) in [6.45, 7) is 4.16. The van der Waals surface area contributed by atoms with Crippen molar-refractivity contribution in [1.82, 2.24) is 4.98 Å². The fourth-order valence-corrected chi connectivity index (χ4v) is 1.58. The van der Waals surface area contributed by atoms with Crippen molar-refractivity contribution >= 4 is 5.97 Å². The van der Waals surface area contributed by atoms with E-state index in [-0.39, 0.29) is 0 Å². The van der Waals surface area contributed by atoms with E-state index >= 15 is 0 Å². The molecule has 0 radical (unpaired) electrons. The molecule has 10 heteroatoms. The Hall–Kier alpha value is -1.74. The van der Waals surface area contributed by atoms with Crippen molar-refractivity contribution in [2.45, 2.75) is 44.5 Å². The number of carbonyl (C=O) groups is 1. The Morgan fingerprint density at radius 2 is 1.52 bits per heavy atom. The molecule has 0 saturated carbocycles. The van der Waals surface area contributed by atoms with Gasteiger partial charge in [-0.2, -0.15) is 26.3 Å². The molecule has 0 aromatic carbocycles. The van der Waals surface area contributed by atoms with Crippen LogP contribution in [0.15, 0.2) is 4.42 Å². The maximum absolute atomic E-state index is 12.6. The van der Waals surface area contributed by atoms with Crippen LogP contribution in [0.3, 0.4) is 0 Å². The van der Waals surface area contributed by atoms with Crippen LogP contribution in [0.2, 0.25) is 0 Å². The van der Waals surface area contributed by atoms with E-state index in [1.165, 1.54) is 20.8 Å². The van der Waals surface area contributed by atoms with Crippen LogP contribution in [0.5, 0.6) is 0 Å². The molecular formula is C11H11F6NO3. The Morgan fingerprint density at radius 1 is 1.10 bits per heavy atom. The van der Waals surface area contributed by atoms with Crippen LogP contribution < -0.4 is 0 Å². The zero-order valence-electron chi connectivity index (χ0n) is 11.1. The highest BCUT2D eigenvalue weighted by Crippen LogP contribution is 2.46. The quantitative estimate of drug-likeness (QED) is 0.840. The first-order chi connectivity index (χ1) is 9.15. The number of carboxylic acids is 1. The first kappa shape index (κ1) is 17.3. The number of halogens is 6. The first-order valence-electron chi connectivity index (χ1n) is 5.53. The lowest BCUT2D eigenvalue weighted by atomic mass is 9.91. The molecule has 0 aliphatic rings. The molecular weight excluding hydrogens is 308 g/mol. The number of carboxylic acid groups (broad SMARTS) is 1. The number of nitrogens with zero attached hydrogens (tertiary/aromatic N) is 1. The summed E-state index contributed by atoms with van der Waals surface area (Å²) in [5.74, 6) is -8.52. The fourth-order valence-electron chi connectivity index (χ4n) is 1.58. The lowest BCUT2D eigenvalue weighted by Gasteiger charge is -2.20. The van der Waals surface area contributed by atoms with Crippen molar-refractivity contribution in [2.75, 3.05) is 0 Å². The van der Waals surface area contributed by atoms with Crippen LogP contribution in [0.25, 0.3) is 0 Å². The molecule has 21 heavy (non-hydrogen) atoms. The molecule has 0 atom stereocenters. The first-order valence-corrected chi connectivity index (χ1v) is 5.53. The molecule has 0 amide bonds. The largest absolute Gasteiger partial charge is 0.475 e. The second kappa shape index (κ2) is 4.92. The number of aromatic carboxylic acids is 1. The van der Waals surface area contributed by atoms with E-state index in [4.69, 9.17) is 5.11 Å². The van der Waals surface area contributed by atoms with Crippen LogP contribution >= 0.6 is 0 Å². The van der Waals surface area contributed by atoms with Gasteiger partial charge in [-0.25, -0.2) is 9.78 Å². The summed E-state index contributed by atoms with van der Waals surface area (Å²) in [7, 11) is 0. The average Bonchev–Trinajstić information content (AvgIpc) is 2.56. The van der Waals surface area contributed by atoms with Crippen molar-refractivity contribution in [1.29, 1.82) is 0 Å². The van der Waals surface area contributed by atoms with Crippen LogP contribution in [0.4, 0.5) is 26.3 Å². The van der Waals surface area contributed by atoms with Gasteiger partial charge in [0.1, 0.15) is 0 Å². The van der Waals surface area contributed by atoms with Crippen molar-refractivity contribution in [3.8, 4) is 0 Å². The monoisotopic (exact) mass is 319 g/mol. The molecule has 0 fully saturated rings. The number of hydrogen-bond donors (Lipinski definition) is 1. The van der Waals surface area contributed by atoms with Gasteiger partial charge in [-0.1, -0.05) is 20.8 Å². The summed E-state index contributed by atoms with van der Waals surface area (Å²) in [6.07, 6.45) is -11.4. The normalized spacial score (nSPS) is 13.8. The van der Waals surface area contributed by atoms with Gasteiger partial charge in [0.2, 0.25) is 17.6 Å². The van der Waals surface area contributed by atoms with Gasteiger partial charge in [-0.15, -0.1) is 0 Å². The van der Waals surface area contributed by atoms with Gasteiger partial charge in [-0.05, 0) is 0 Å². The van der Waals surface area contributed by atoms with E-state index in [1.54, 1.807) is 0 Å². The van der Waals surface area contributed by atoms with Crippen LogP contribution in [-0.4, -0.2) is 28.4 Å². The topological polar surface area (TPSA) is 63.3 Å². The summed E-state index contributed by atoms with van der Waals surface area (Å²) < 4.78 is 79.7. The van der Waals surface area contributed by atoms with Gasteiger partial charge >= 0.3 is 18.3 Å². The molecule has 4 nitrogen and oxygen atoms in total. The molecule has 120 valence electrons. The van der Waals surface area contributed by atoms with E-state index in [0.29, 0.717) is 0 Å². The summed E-state index contributed by atoms with van der Waals surface area (Å²) in [5, 5.41) is 8.83. The van der Waals surface area contributed by atoms with E-state index in [0.717, 1.165) is 0 Å². The predicted octanol–water partition coefficient (Wildman–Crippen LogP) is 3.88. The Kier molecular flexibility index (Phi) is 4.05. The summed E-state index contributed by atoms with van der Waals surface area (Å²) >= 11 is 0. The van der Waals surface area contributed by atoms with Crippen molar-refractivity contribution in [2.24, 2.45) is 0 Å². The van der Waals surface area contributed by atoms with Crippen LogP contribution in [-0.2, 0) is 5.41 Å². The third kappa shape index (κ3) is 3.67. The van der Waals surface area contributed by atoms with Gasteiger partial charge in [0, 0.05) is 5.41 Å². The van der Waals surface area contributed by atoms with E-state index in [9.17, 15) is 31.1 Å². The number of alkyl halides is 6. The second-order valence-electron chi connectivity index (χ2n) is 5.30. The summed E-state index contributed by atoms with van der Waals surface area (Å²) in [6, 6.07) is 0. The van der Waals surface area contributed by atoms with Crippen molar-refractivity contribution in [3.05, 3.63) is 17.3 Å². The SMILES string of the molecule is CC(C)(C)c1nc(C(C(F)(F)F)C(F)(F)F)oc1C(=O)O. The highest BCUT2D eigenvalue weighted by molar-refractivity contribution is 5.86. The Morgan fingerprint density at radius 3 is 1.76 bits per heavy atom. The van der Waals surface area contributed by atoms with Crippen molar-refractivity contribution in [3.63, 3.8) is 0 Å². The summed E-state index contributed by atoms with van der Waals surface area (Å²) in [5.41, 5.74) is -1.58. The standard InChI is InChI=1S/C11H11F6NO3/c1-9(2,3)6-4(8(19)20)21-7(18-6)5(10(12,13)14)11(15,16)17/h5H,1-3H3,(H,19,20). The zero-order valence-corrected chi connectivity index (χ0v) is 11.1. The lowest BCUT2D eigenvalue weighted by molar-refractivity contribution is -0.258. The van der Waals surface area contributed by atoms with Gasteiger partial charge in [-0.3, -0.25) is 0 Å². The zero-order chi connectivity index (χ0) is 16.8. The number of hydrogen-bond acceptors (Lipinski definition) is 3. The van der Waals surface area contributed by atoms with Crippen LogP contribution in [0.1, 0.15) is 48.8 Å². The van der Waals surface area contributed by atoms with Gasteiger partial charge < -0.3 is 9.52 Å². The van der Waals surface area contributed by atoms with Gasteiger partial charge in [0.15, 0.2) is 0 Å². The smallest absolute Gasteiger partial charge is 0.409 e. The highest BCUT2D eigenvalue weighted by atomic mass is 19.4. The van der Waals surface area contributed by atoms with Gasteiger partial charge in [0.05, 0.1) is 5.69 Å². The number of rotatable bonds is 2. The maximum Gasteiger partial charge on any atom is 0.409 e. The van der Waals surface area contributed by atoms with Gasteiger partial charge in [0.25, 0.3) is 0 Å². The van der Waals surface area contributed by atoms with E-state index in [2.05, 4.69) is 9.40 Å². The fraction of sp³-hybridized carbons (Fsp3) is 0.636. The predicted molar refractivity (Wildman–Crippen MR) is 57.0 cm³/mol. The third-order valence-electron chi connectivity index (χ3n) is 2.45. The van der Waals surface area contributed by atoms with Crippen LogP contribution in [0, 0.1) is 0 Å². The van der Waals surface area contributed by atoms with E-state index < -0.39 is 47.0 Å². The molecule has 1 rings (SSSR count). The molecule has 0 unspecified atom stereocenters. The Labute approximate surface area is 114 Å².